The fourth-order valence-electron chi connectivity index (χ4n) is 4.80. The molecule has 0 radical (unpaired) electrons. The Morgan fingerprint density at radius 1 is 1.23 bits per heavy atom. The molecule has 0 amide bonds. The minimum absolute atomic E-state index is 0.153. The van der Waals surface area contributed by atoms with E-state index in [1.54, 1.807) is 7.11 Å². The summed E-state index contributed by atoms with van der Waals surface area (Å²) in [7, 11) is 1.74. The van der Waals surface area contributed by atoms with Gasteiger partial charge in [-0.05, 0) is 74.4 Å². The highest BCUT2D eigenvalue weighted by atomic mass is 16.5. The molecule has 1 unspecified atom stereocenters. The predicted octanol–water partition coefficient (Wildman–Crippen LogP) is 3.16. The highest BCUT2D eigenvalue weighted by Gasteiger charge is 2.43. The van der Waals surface area contributed by atoms with Crippen LogP contribution in [-0.4, -0.2) is 35.1 Å². The van der Waals surface area contributed by atoms with Crippen LogP contribution >= 0.6 is 0 Å². The highest BCUT2D eigenvalue weighted by molar-refractivity contribution is 5.42. The van der Waals surface area contributed by atoms with Gasteiger partial charge in [-0.15, -0.1) is 0 Å². The van der Waals surface area contributed by atoms with Crippen molar-refractivity contribution in [1.82, 2.24) is 14.9 Å². The number of aryl methyl sites for hydroxylation is 3. The van der Waals surface area contributed by atoms with Crippen LogP contribution in [0.1, 0.15) is 47.2 Å². The Hall–Kier alpha value is -2.14. The molecule has 5 heteroatoms. The lowest BCUT2D eigenvalue weighted by Crippen LogP contribution is -2.45. The van der Waals surface area contributed by atoms with Crippen LogP contribution in [0.3, 0.4) is 0 Å². The number of anilines is 1. The minimum atomic E-state index is 0.153. The van der Waals surface area contributed by atoms with Crippen LogP contribution in [0.4, 0.5) is 5.95 Å². The number of fused-ring (bicyclic) bond motifs is 2. The van der Waals surface area contributed by atoms with E-state index in [4.69, 9.17) is 10.5 Å². The third-order valence-corrected chi connectivity index (χ3v) is 6.16. The Morgan fingerprint density at radius 2 is 2.08 bits per heavy atom. The molecule has 1 saturated heterocycles. The molecule has 1 aliphatic carbocycles. The van der Waals surface area contributed by atoms with Crippen molar-refractivity contribution in [3.8, 4) is 5.75 Å². The summed E-state index contributed by atoms with van der Waals surface area (Å²) >= 11 is 0. The maximum Gasteiger partial charge on any atom is 0.220 e. The summed E-state index contributed by atoms with van der Waals surface area (Å²) in [6.45, 7) is 7.47. The second-order valence-corrected chi connectivity index (χ2v) is 7.94. The Labute approximate surface area is 155 Å². The molecule has 0 saturated carbocycles. The highest BCUT2D eigenvalue weighted by Crippen LogP contribution is 2.44. The molecule has 5 nitrogen and oxygen atoms in total. The van der Waals surface area contributed by atoms with Crippen LogP contribution in [-0.2, 0) is 18.4 Å². The van der Waals surface area contributed by atoms with Crippen molar-refractivity contribution in [2.24, 2.45) is 0 Å². The van der Waals surface area contributed by atoms with Crippen LogP contribution in [0.25, 0.3) is 0 Å². The van der Waals surface area contributed by atoms with E-state index in [9.17, 15) is 0 Å². The molecule has 1 atom stereocenters. The average Bonchev–Trinajstić information content (AvgIpc) is 2.95. The van der Waals surface area contributed by atoms with E-state index in [2.05, 4.69) is 40.8 Å². The van der Waals surface area contributed by atoms with Crippen LogP contribution in [0.15, 0.2) is 18.3 Å². The lowest BCUT2D eigenvalue weighted by molar-refractivity contribution is 0.136. The predicted molar refractivity (Wildman–Crippen MR) is 103 cm³/mol. The Balaban J connectivity index is 1.58. The Bertz CT molecular complexity index is 831. The average molecular weight is 352 g/mol. The summed E-state index contributed by atoms with van der Waals surface area (Å²) in [4.78, 5) is 11.4. The molecule has 1 aromatic carbocycles. The van der Waals surface area contributed by atoms with Crippen molar-refractivity contribution in [3.63, 3.8) is 0 Å². The number of likely N-dealkylation sites (tertiary alicyclic amines) is 1. The standard InChI is InChI=1S/C21H28N4O/c1-14-10-18(26-3)15(2)9-17(14)12-25-8-4-6-21(13-25)7-5-16-11-23-20(22)24-19(16)21/h9-11H,4-8,12-13H2,1-3H3,(H2,22,23,24). The van der Waals surface area contributed by atoms with Gasteiger partial charge in [0.25, 0.3) is 0 Å². The number of nitrogens with zero attached hydrogens (tertiary/aromatic N) is 3. The first kappa shape index (κ1) is 17.3. The number of rotatable bonds is 3. The molecule has 4 rings (SSSR count). The van der Waals surface area contributed by atoms with Crippen LogP contribution in [0, 0.1) is 13.8 Å². The second-order valence-electron chi connectivity index (χ2n) is 7.94. The SMILES string of the molecule is COc1cc(C)c(CN2CCCC3(CCc4cnc(N)nc43)C2)cc1C. The van der Waals surface area contributed by atoms with Crippen molar-refractivity contribution >= 4 is 5.95 Å². The molecule has 1 aromatic heterocycles. The summed E-state index contributed by atoms with van der Waals surface area (Å²) in [5, 5.41) is 0. The number of aromatic nitrogens is 2. The largest absolute Gasteiger partial charge is 0.496 e. The molecule has 1 fully saturated rings. The van der Waals surface area contributed by atoms with E-state index in [0.717, 1.165) is 38.2 Å². The van der Waals surface area contributed by atoms with Gasteiger partial charge in [0.15, 0.2) is 0 Å². The van der Waals surface area contributed by atoms with Crippen molar-refractivity contribution < 1.29 is 4.74 Å². The first-order valence-electron chi connectivity index (χ1n) is 9.49. The van der Waals surface area contributed by atoms with Crippen molar-refractivity contribution in [2.45, 2.75) is 51.5 Å². The molecule has 2 aliphatic rings. The monoisotopic (exact) mass is 352 g/mol. The van der Waals surface area contributed by atoms with E-state index in [1.165, 1.54) is 40.8 Å². The molecule has 26 heavy (non-hydrogen) atoms. The molecule has 1 aliphatic heterocycles. The summed E-state index contributed by atoms with van der Waals surface area (Å²) in [5.41, 5.74) is 12.4. The van der Waals surface area contributed by atoms with Gasteiger partial charge in [0, 0.05) is 24.7 Å². The number of hydrogen-bond donors (Lipinski definition) is 1. The molecule has 2 N–H and O–H groups in total. The Morgan fingerprint density at radius 3 is 2.88 bits per heavy atom. The van der Waals surface area contributed by atoms with Gasteiger partial charge < -0.3 is 10.5 Å². The first-order chi connectivity index (χ1) is 12.5. The fraction of sp³-hybridized carbons (Fsp3) is 0.524. The van der Waals surface area contributed by atoms with Crippen LogP contribution in [0.5, 0.6) is 5.75 Å². The van der Waals surface area contributed by atoms with Crippen molar-refractivity contribution in [1.29, 1.82) is 0 Å². The minimum Gasteiger partial charge on any atom is -0.496 e. The van der Waals surface area contributed by atoms with Gasteiger partial charge in [-0.25, -0.2) is 9.97 Å². The molecular formula is C21H28N4O. The third-order valence-electron chi connectivity index (χ3n) is 6.16. The van der Waals surface area contributed by atoms with E-state index in [1.807, 2.05) is 6.20 Å². The lowest BCUT2D eigenvalue weighted by atomic mass is 9.77. The lowest BCUT2D eigenvalue weighted by Gasteiger charge is -2.40. The number of methoxy groups -OCH3 is 1. The zero-order chi connectivity index (χ0) is 18.3. The number of nitrogen functional groups attached to an aromatic ring is 1. The van der Waals surface area contributed by atoms with Crippen LogP contribution < -0.4 is 10.5 Å². The number of piperidine rings is 1. The zero-order valence-electron chi connectivity index (χ0n) is 16.0. The maximum absolute atomic E-state index is 5.90. The fourth-order valence-corrected chi connectivity index (χ4v) is 4.80. The van der Waals surface area contributed by atoms with Gasteiger partial charge in [0.05, 0.1) is 12.8 Å². The van der Waals surface area contributed by atoms with Crippen LogP contribution in [0.2, 0.25) is 0 Å². The normalized spacial score (nSPS) is 22.6. The number of hydrogen-bond acceptors (Lipinski definition) is 5. The summed E-state index contributed by atoms with van der Waals surface area (Å²) < 4.78 is 5.46. The number of nitrogens with two attached hydrogens (primary N) is 1. The molecule has 2 heterocycles. The zero-order valence-corrected chi connectivity index (χ0v) is 16.0. The van der Waals surface area contributed by atoms with Gasteiger partial charge in [0.2, 0.25) is 5.95 Å². The van der Waals surface area contributed by atoms with E-state index in [-0.39, 0.29) is 5.41 Å². The van der Waals surface area contributed by atoms with Gasteiger partial charge in [0.1, 0.15) is 5.75 Å². The molecule has 0 bridgehead atoms. The number of benzene rings is 1. The van der Waals surface area contributed by atoms with Crippen molar-refractivity contribution in [3.05, 3.63) is 46.3 Å². The summed E-state index contributed by atoms with van der Waals surface area (Å²) in [6.07, 6.45) is 6.58. The summed E-state index contributed by atoms with van der Waals surface area (Å²) in [5.74, 6) is 1.38. The number of ether oxygens (including phenoxy) is 1. The van der Waals surface area contributed by atoms with Crippen molar-refractivity contribution in [2.75, 3.05) is 25.9 Å². The third kappa shape index (κ3) is 2.94. The van der Waals surface area contributed by atoms with Gasteiger partial charge in [-0.2, -0.15) is 0 Å². The molecular weight excluding hydrogens is 324 g/mol. The van der Waals surface area contributed by atoms with E-state index in [0.29, 0.717) is 5.95 Å². The Kier molecular flexibility index (Phi) is 4.35. The van der Waals surface area contributed by atoms with E-state index >= 15 is 0 Å². The van der Waals surface area contributed by atoms with E-state index < -0.39 is 0 Å². The molecule has 1 spiro atoms. The topological polar surface area (TPSA) is 64.3 Å². The maximum atomic E-state index is 5.90. The first-order valence-corrected chi connectivity index (χ1v) is 9.49. The quantitative estimate of drug-likeness (QED) is 0.919. The van der Waals surface area contributed by atoms with Gasteiger partial charge >= 0.3 is 0 Å². The van der Waals surface area contributed by atoms with Gasteiger partial charge in [-0.1, -0.05) is 6.07 Å². The second kappa shape index (κ2) is 6.54. The smallest absolute Gasteiger partial charge is 0.220 e. The van der Waals surface area contributed by atoms with Gasteiger partial charge in [-0.3, -0.25) is 4.90 Å². The summed E-state index contributed by atoms with van der Waals surface area (Å²) in [6, 6.07) is 4.43. The molecule has 138 valence electrons. The molecule has 2 aromatic rings.